The number of piperidine rings is 1. The molecule has 3 rings (SSSR count). The van der Waals surface area contributed by atoms with Crippen molar-refractivity contribution in [1.29, 1.82) is 0 Å². The van der Waals surface area contributed by atoms with Crippen LogP contribution < -0.4 is 9.64 Å². The van der Waals surface area contributed by atoms with Crippen molar-refractivity contribution in [2.24, 2.45) is 0 Å². The number of nitrogens with zero attached hydrogens (tertiary/aromatic N) is 2. The van der Waals surface area contributed by atoms with E-state index in [1.165, 1.54) is 5.56 Å². The molecule has 2 aromatic rings. The molecule has 0 unspecified atom stereocenters. The molecule has 0 amide bonds. The fraction of sp³-hybridized carbons (Fsp3) is 0.520. The van der Waals surface area contributed by atoms with Gasteiger partial charge in [0, 0.05) is 43.9 Å². The van der Waals surface area contributed by atoms with Crippen LogP contribution in [0.4, 0.5) is 5.69 Å². The van der Waals surface area contributed by atoms with Crippen LogP contribution >= 0.6 is 36.4 Å². The molecule has 7 heteroatoms. The lowest BCUT2D eigenvalue weighted by atomic mass is 9.88. The molecule has 1 aliphatic heterocycles. The number of aliphatic hydroxyl groups is 1. The largest absolute Gasteiger partial charge is 0.494 e. The summed E-state index contributed by atoms with van der Waals surface area (Å²) in [5.41, 5.74) is 1.85. The highest BCUT2D eigenvalue weighted by Gasteiger charge is 2.32. The van der Waals surface area contributed by atoms with Gasteiger partial charge in [-0.3, -0.25) is 4.90 Å². The van der Waals surface area contributed by atoms with Crippen LogP contribution in [0.3, 0.4) is 0 Å². The van der Waals surface area contributed by atoms with E-state index >= 15 is 0 Å². The second kappa shape index (κ2) is 14.2. The molecule has 1 N–H and O–H groups in total. The number of likely N-dealkylation sites (tertiary alicyclic amines) is 1. The van der Waals surface area contributed by atoms with E-state index in [0.29, 0.717) is 0 Å². The Morgan fingerprint density at radius 1 is 1.03 bits per heavy atom. The van der Waals surface area contributed by atoms with Gasteiger partial charge in [-0.15, -0.1) is 24.8 Å². The van der Waals surface area contributed by atoms with Crippen LogP contribution in [-0.4, -0.2) is 48.9 Å². The van der Waals surface area contributed by atoms with E-state index in [2.05, 4.69) is 48.0 Å². The Kier molecular flexibility index (Phi) is 12.8. The molecule has 0 aliphatic carbocycles. The summed E-state index contributed by atoms with van der Waals surface area (Å²) >= 11 is 5.97. The van der Waals surface area contributed by atoms with Gasteiger partial charge < -0.3 is 14.7 Å². The number of hydrogen-bond donors (Lipinski definition) is 1. The zero-order chi connectivity index (χ0) is 21.4. The van der Waals surface area contributed by atoms with E-state index in [4.69, 9.17) is 16.3 Å². The first-order chi connectivity index (χ1) is 14.5. The van der Waals surface area contributed by atoms with Crippen LogP contribution in [0.1, 0.15) is 44.6 Å². The number of hydrogen-bond acceptors (Lipinski definition) is 4. The minimum Gasteiger partial charge on any atom is -0.494 e. The smallest absolute Gasteiger partial charge is 0.119 e. The average molecular weight is 504 g/mol. The van der Waals surface area contributed by atoms with Crippen LogP contribution in [0.25, 0.3) is 0 Å². The summed E-state index contributed by atoms with van der Waals surface area (Å²) in [5, 5.41) is 11.8. The van der Waals surface area contributed by atoms with Crippen molar-refractivity contribution in [2.45, 2.75) is 51.2 Å². The third-order valence-corrected chi connectivity index (χ3v) is 6.31. The highest BCUT2D eigenvalue weighted by molar-refractivity contribution is 6.30. The van der Waals surface area contributed by atoms with Crippen LogP contribution in [0.15, 0.2) is 48.5 Å². The van der Waals surface area contributed by atoms with Crippen molar-refractivity contribution < 1.29 is 9.84 Å². The van der Waals surface area contributed by atoms with Gasteiger partial charge in [-0.1, -0.05) is 37.1 Å². The first-order valence-electron chi connectivity index (χ1n) is 11.1. The van der Waals surface area contributed by atoms with E-state index in [0.717, 1.165) is 81.3 Å². The molecule has 2 aromatic carbocycles. The number of unbranched alkanes of at least 4 members (excludes halogenated alkanes) is 1. The molecule has 0 saturated carbocycles. The molecule has 1 fully saturated rings. The maximum Gasteiger partial charge on any atom is 0.119 e. The third-order valence-electron chi connectivity index (χ3n) is 6.06. The van der Waals surface area contributed by atoms with E-state index in [1.54, 1.807) is 0 Å². The molecule has 0 bridgehead atoms. The molecule has 1 saturated heterocycles. The number of benzene rings is 2. The van der Waals surface area contributed by atoms with Crippen molar-refractivity contribution >= 4 is 42.1 Å². The lowest BCUT2D eigenvalue weighted by molar-refractivity contribution is -0.0275. The van der Waals surface area contributed by atoms with Crippen molar-refractivity contribution in [3.63, 3.8) is 0 Å². The van der Waals surface area contributed by atoms with E-state index in [9.17, 15) is 5.11 Å². The molecule has 0 aromatic heterocycles. The number of ether oxygens (including phenoxy) is 1. The van der Waals surface area contributed by atoms with E-state index < -0.39 is 5.60 Å². The topological polar surface area (TPSA) is 35.9 Å². The molecule has 0 spiro atoms. The van der Waals surface area contributed by atoms with Crippen LogP contribution in [0, 0.1) is 0 Å². The van der Waals surface area contributed by atoms with Crippen molar-refractivity contribution in [2.75, 3.05) is 38.2 Å². The molecular weight excluding hydrogens is 467 g/mol. The van der Waals surface area contributed by atoms with Gasteiger partial charge in [0.15, 0.2) is 0 Å². The van der Waals surface area contributed by atoms with Gasteiger partial charge in [-0.25, -0.2) is 0 Å². The second-order valence-corrected chi connectivity index (χ2v) is 8.93. The van der Waals surface area contributed by atoms with Gasteiger partial charge in [0.1, 0.15) is 5.75 Å². The van der Waals surface area contributed by atoms with Gasteiger partial charge in [0.2, 0.25) is 0 Å². The lowest BCUT2D eigenvalue weighted by Gasteiger charge is -2.39. The lowest BCUT2D eigenvalue weighted by Crippen LogP contribution is -2.45. The highest BCUT2D eigenvalue weighted by atomic mass is 35.5. The molecule has 1 heterocycles. The van der Waals surface area contributed by atoms with Gasteiger partial charge >= 0.3 is 0 Å². The summed E-state index contributed by atoms with van der Waals surface area (Å²) in [5.74, 6) is 0.923. The Morgan fingerprint density at radius 3 is 2.25 bits per heavy atom. The standard InChI is InChI=1S/C25H35ClN2O2.2ClH/c1-3-4-19-30-24-11-9-23(10-12-24)27(2)16-13-25(29)14-17-28(18-15-25)20-21-5-7-22(26)8-6-21;;/h5-12,29H,3-4,13-20H2,1-2H3;2*1H. The molecule has 4 nitrogen and oxygen atoms in total. The Morgan fingerprint density at radius 2 is 1.66 bits per heavy atom. The second-order valence-electron chi connectivity index (χ2n) is 8.49. The van der Waals surface area contributed by atoms with Crippen molar-refractivity contribution in [3.8, 4) is 5.75 Å². The predicted molar refractivity (Wildman–Crippen MR) is 140 cm³/mol. The van der Waals surface area contributed by atoms with Gasteiger partial charge in [-0.2, -0.15) is 0 Å². The average Bonchev–Trinajstić information content (AvgIpc) is 2.76. The Hall–Kier alpha value is -1.17. The minimum atomic E-state index is -0.575. The maximum absolute atomic E-state index is 11.1. The SMILES string of the molecule is CCCCOc1ccc(N(C)CCC2(O)CCN(Cc3ccc(Cl)cc3)CC2)cc1.Cl.Cl. The first kappa shape index (κ1) is 28.9. The van der Waals surface area contributed by atoms with Gasteiger partial charge in [0.25, 0.3) is 0 Å². The summed E-state index contributed by atoms with van der Waals surface area (Å²) in [6.45, 7) is 6.54. The Bertz CT molecular complexity index is 764. The van der Waals surface area contributed by atoms with Crippen LogP contribution in [0.5, 0.6) is 5.75 Å². The normalized spacial score (nSPS) is 15.4. The van der Waals surface area contributed by atoms with Crippen LogP contribution in [0.2, 0.25) is 5.02 Å². The zero-order valence-electron chi connectivity index (χ0n) is 19.1. The predicted octanol–water partition coefficient (Wildman–Crippen LogP) is 6.22. The fourth-order valence-electron chi connectivity index (χ4n) is 3.86. The highest BCUT2D eigenvalue weighted by Crippen LogP contribution is 2.28. The molecule has 180 valence electrons. The monoisotopic (exact) mass is 502 g/mol. The van der Waals surface area contributed by atoms with Crippen molar-refractivity contribution in [3.05, 3.63) is 59.1 Å². The number of rotatable bonds is 10. The van der Waals surface area contributed by atoms with Gasteiger partial charge in [-0.05, 0) is 67.6 Å². The quantitative estimate of drug-likeness (QED) is 0.391. The van der Waals surface area contributed by atoms with Crippen molar-refractivity contribution in [1.82, 2.24) is 4.90 Å². The number of anilines is 1. The Labute approximate surface area is 210 Å². The summed E-state index contributed by atoms with van der Waals surface area (Å²) < 4.78 is 5.74. The summed E-state index contributed by atoms with van der Waals surface area (Å²) in [4.78, 5) is 4.63. The number of halogens is 3. The summed E-state index contributed by atoms with van der Waals surface area (Å²) in [6.07, 6.45) is 4.64. The molecule has 1 aliphatic rings. The summed E-state index contributed by atoms with van der Waals surface area (Å²) in [7, 11) is 2.09. The van der Waals surface area contributed by atoms with E-state index in [1.807, 2.05) is 24.3 Å². The minimum absolute atomic E-state index is 0. The third kappa shape index (κ3) is 8.99. The first-order valence-corrected chi connectivity index (χ1v) is 11.5. The zero-order valence-corrected chi connectivity index (χ0v) is 21.5. The summed E-state index contributed by atoms with van der Waals surface area (Å²) in [6, 6.07) is 16.3. The molecule has 32 heavy (non-hydrogen) atoms. The van der Waals surface area contributed by atoms with E-state index in [-0.39, 0.29) is 24.8 Å². The van der Waals surface area contributed by atoms with Gasteiger partial charge in [0.05, 0.1) is 12.2 Å². The molecular formula is C25H37Cl3N2O2. The maximum atomic E-state index is 11.1. The van der Waals surface area contributed by atoms with Crippen LogP contribution in [-0.2, 0) is 6.54 Å². The molecule has 0 atom stereocenters. The molecule has 0 radical (unpaired) electrons. The fourth-order valence-corrected chi connectivity index (χ4v) is 3.99. The Balaban J connectivity index is 0.00000256.